The minimum absolute atomic E-state index is 0.0575. The number of hydrogen-bond acceptors (Lipinski definition) is 3. The van der Waals surface area contributed by atoms with Crippen molar-refractivity contribution in [1.29, 1.82) is 0 Å². The zero-order valence-corrected chi connectivity index (χ0v) is 15.9. The summed E-state index contributed by atoms with van der Waals surface area (Å²) in [5, 5.41) is 3.05. The molecule has 1 heterocycles. The number of carbonyl (C=O) groups is 2. The van der Waals surface area contributed by atoms with Crippen LogP contribution in [0.2, 0.25) is 0 Å². The largest absolute Gasteiger partial charge is 0.374 e. The molecule has 1 aliphatic heterocycles. The van der Waals surface area contributed by atoms with Crippen LogP contribution in [0.5, 0.6) is 0 Å². The van der Waals surface area contributed by atoms with E-state index >= 15 is 0 Å². The molecular formula is C21H30N2O3. The molecule has 5 heteroatoms. The van der Waals surface area contributed by atoms with Gasteiger partial charge in [-0.1, -0.05) is 24.3 Å². The molecule has 0 aromatic heterocycles. The van der Waals surface area contributed by atoms with Crippen molar-refractivity contribution < 1.29 is 14.3 Å². The van der Waals surface area contributed by atoms with Crippen LogP contribution in [-0.2, 0) is 27.5 Å². The SMILES string of the molecule is CC(C)OCc1cccc(CNC(=O)[C@@H]2CCCN(C(=O)C3CC3)C2)c1. The number of rotatable bonds is 7. The quantitative estimate of drug-likeness (QED) is 0.815. The Labute approximate surface area is 156 Å². The van der Waals surface area contributed by atoms with E-state index in [1.165, 1.54) is 0 Å². The number of amides is 2. The Hall–Kier alpha value is -1.88. The summed E-state index contributed by atoms with van der Waals surface area (Å²) in [6.45, 7) is 6.51. The highest BCUT2D eigenvalue weighted by Gasteiger charge is 2.36. The van der Waals surface area contributed by atoms with Gasteiger partial charge in [-0.25, -0.2) is 0 Å². The molecule has 0 bridgehead atoms. The van der Waals surface area contributed by atoms with Gasteiger partial charge in [0.2, 0.25) is 11.8 Å². The molecule has 142 valence electrons. The molecule has 1 aromatic carbocycles. The molecule has 1 saturated carbocycles. The third-order valence-corrected chi connectivity index (χ3v) is 5.07. The molecule has 0 spiro atoms. The number of piperidine rings is 1. The summed E-state index contributed by atoms with van der Waals surface area (Å²) < 4.78 is 5.64. The second-order valence-electron chi connectivity index (χ2n) is 7.80. The van der Waals surface area contributed by atoms with Crippen LogP contribution >= 0.6 is 0 Å². The third kappa shape index (κ3) is 5.31. The molecule has 1 aromatic rings. The van der Waals surface area contributed by atoms with Gasteiger partial charge < -0.3 is 15.0 Å². The van der Waals surface area contributed by atoms with E-state index in [0.29, 0.717) is 19.7 Å². The lowest BCUT2D eigenvalue weighted by Gasteiger charge is -2.32. The van der Waals surface area contributed by atoms with E-state index in [2.05, 4.69) is 11.4 Å². The molecule has 2 amide bonds. The average molecular weight is 358 g/mol. The first-order valence-electron chi connectivity index (χ1n) is 9.79. The fourth-order valence-electron chi connectivity index (χ4n) is 3.41. The van der Waals surface area contributed by atoms with Crippen molar-refractivity contribution in [2.45, 2.75) is 58.8 Å². The third-order valence-electron chi connectivity index (χ3n) is 5.07. The van der Waals surface area contributed by atoms with Crippen molar-refractivity contribution >= 4 is 11.8 Å². The first-order valence-corrected chi connectivity index (χ1v) is 9.79. The lowest BCUT2D eigenvalue weighted by Crippen LogP contribution is -2.45. The number of ether oxygens (including phenoxy) is 1. The number of hydrogen-bond donors (Lipinski definition) is 1. The molecule has 3 rings (SSSR count). The number of likely N-dealkylation sites (tertiary alicyclic amines) is 1. The lowest BCUT2D eigenvalue weighted by molar-refractivity contribution is -0.136. The van der Waals surface area contributed by atoms with E-state index in [1.807, 2.05) is 36.9 Å². The standard InChI is InChI=1S/C21H30N2O3/c1-15(2)26-14-17-6-3-5-16(11-17)12-22-20(24)19-7-4-10-23(13-19)21(25)18-8-9-18/h3,5-6,11,15,18-19H,4,7-10,12-14H2,1-2H3,(H,22,24)/t19-/m1/s1. The normalized spacial score (nSPS) is 20.3. The number of nitrogens with one attached hydrogen (secondary N) is 1. The first-order chi connectivity index (χ1) is 12.5. The Bertz CT molecular complexity index is 640. The molecule has 1 N–H and O–H groups in total. The van der Waals surface area contributed by atoms with E-state index in [9.17, 15) is 9.59 Å². The van der Waals surface area contributed by atoms with Crippen LogP contribution in [0.25, 0.3) is 0 Å². The van der Waals surface area contributed by atoms with Crippen molar-refractivity contribution in [2.75, 3.05) is 13.1 Å². The highest BCUT2D eigenvalue weighted by molar-refractivity contribution is 5.83. The predicted octanol–water partition coefficient (Wildman–Crippen LogP) is 2.88. The van der Waals surface area contributed by atoms with Crippen LogP contribution in [0, 0.1) is 11.8 Å². The molecule has 26 heavy (non-hydrogen) atoms. The summed E-state index contributed by atoms with van der Waals surface area (Å²) in [5.74, 6) is 0.453. The summed E-state index contributed by atoms with van der Waals surface area (Å²) in [4.78, 5) is 26.7. The fourth-order valence-corrected chi connectivity index (χ4v) is 3.41. The maximum Gasteiger partial charge on any atom is 0.225 e. The van der Waals surface area contributed by atoms with E-state index < -0.39 is 0 Å². The van der Waals surface area contributed by atoms with Crippen molar-refractivity contribution in [1.82, 2.24) is 10.2 Å². The second-order valence-corrected chi connectivity index (χ2v) is 7.80. The molecule has 1 aliphatic carbocycles. The molecule has 5 nitrogen and oxygen atoms in total. The molecule has 0 radical (unpaired) electrons. The monoisotopic (exact) mass is 358 g/mol. The van der Waals surface area contributed by atoms with Crippen molar-refractivity contribution in [2.24, 2.45) is 11.8 Å². The molecule has 2 fully saturated rings. The molecule has 0 unspecified atom stereocenters. The van der Waals surface area contributed by atoms with Crippen molar-refractivity contribution in [3.63, 3.8) is 0 Å². The predicted molar refractivity (Wildman–Crippen MR) is 100 cm³/mol. The van der Waals surface area contributed by atoms with Gasteiger partial charge >= 0.3 is 0 Å². The Morgan fingerprint density at radius 2 is 1.96 bits per heavy atom. The van der Waals surface area contributed by atoms with Gasteiger partial charge in [0.25, 0.3) is 0 Å². The highest BCUT2D eigenvalue weighted by atomic mass is 16.5. The molecule has 1 atom stereocenters. The summed E-state index contributed by atoms with van der Waals surface area (Å²) >= 11 is 0. The Morgan fingerprint density at radius 1 is 1.19 bits per heavy atom. The average Bonchev–Trinajstić information content (AvgIpc) is 3.49. The second kappa shape index (κ2) is 8.67. The molecule has 1 saturated heterocycles. The van der Waals surface area contributed by atoms with Gasteiger partial charge in [0.1, 0.15) is 0 Å². The molecule has 2 aliphatic rings. The van der Waals surface area contributed by atoms with Gasteiger partial charge in [-0.15, -0.1) is 0 Å². The van der Waals surface area contributed by atoms with Crippen molar-refractivity contribution in [3.05, 3.63) is 35.4 Å². The maximum atomic E-state index is 12.6. The van der Waals surface area contributed by atoms with Gasteiger partial charge in [-0.3, -0.25) is 9.59 Å². The van der Waals surface area contributed by atoms with Gasteiger partial charge in [0.05, 0.1) is 18.6 Å². The van der Waals surface area contributed by atoms with Crippen LogP contribution in [0.15, 0.2) is 24.3 Å². The van der Waals surface area contributed by atoms with Gasteiger partial charge in [-0.2, -0.15) is 0 Å². The molecular weight excluding hydrogens is 328 g/mol. The van der Waals surface area contributed by atoms with Gasteiger partial charge in [0.15, 0.2) is 0 Å². The van der Waals surface area contributed by atoms with E-state index in [4.69, 9.17) is 4.74 Å². The summed E-state index contributed by atoms with van der Waals surface area (Å²) in [5.41, 5.74) is 2.19. The minimum atomic E-state index is -0.0843. The zero-order valence-electron chi connectivity index (χ0n) is 15.9. The topological polar surface area (TPSA) is 58.6 Å². The fraction of sp³-hybridized carbons (Fsp3) is 0.619. The Kier molecular flexibility index (Phi) is 6.30. The number of carbonyl (C=O) groups excluding carboxylic acids is 2. The van der Waals surface area contributed by atoms with Gasteiger partial charge in [0, 0.05) is 25.6 Å². The summed E-state index contributed by atoms with van der Waals surface area (Å²) in [6, 6.07) is 8.13. The highest BCUT2D eigenvalue weighted by Crippen LogP contribution is 2.32. The van der Waals surface area contributed by atoms with Crippen LogP contribution in [0.3, 0.4) is 0 Å². The van der Waals surface area contributed by atoms with Gasteiger partial charge in [-0.05, 0) is 50.7 Å². The van der Waals surface area contributed by atoms with Crippen LogP contribution in [-0.4, -0.2) is 35.9 Å². The summed E-state index contributed by atoms with van der Waals surface area (Å²) in [7, 11) is 0. The van der Waals surface area contributed by atoms with E-state index in [-0.39, 0.29) is 29.8 Å². The van der Waals surface area contributed by atoms with E-state index in [0.717, 1.165) is 43.4 Å². The zero-order chi connectivity index (χ0) is 18.5. The van der Waals surface area contributed by atoms with Crippen LogP contribution in [0.1, 0.15) is 50.7 Å². The van der Waals surface area contributed by atoms with Crippen molar-refractivity contribution in [3.8, 4) is 0 Å². The maximum absolute atomic E-state index is 12.6. The Balaban J connectivity index is 1.48. The summed E-state index contributed by atoms with van der Waals surface area (Å²) in [6.07, 6.45) is 4.01. The van der Waals surface area contributed by atoms with E-state index in [1.54, 1.807) is 0 Å². The minimum Gasteiger partial charge on any atom is -0.374 e. The Morgan fingerprint density at radius 3 is 2.69 bits per heavy atom. The lowest BCUT2D eigenvalue weighted by atomic mass is 9.96. The smallest absolute Gasteiger partial charge is 0.225 e. The van der Waals surface area contributed by atoms with Crippen LogP contribution < -0.4 is 5.32 Å². The first kappa shape index (κ1) is 18.9. The number of nitrogens with zero attached hydrogens (tertiary/aromatic N) is 1. The van der Waals surface area contributed by atoms with Crippen LogP contribution in [0.4, 0.5) is 0 Å². The number of benzene rings is 1.